The molecule has 3 aromatic rings. The highest BCUT2D eigenvalue weighted by Crippen LogP contribution is 2.45. The second-order valence-electron chi connectivity index (χ2n) is 7.39. The van der Waals surface area contributed by atoms with Crippen molar-refractivity contribution in [3.05, 3.63) is 71.3 Å². The molecule has 4 rings (SSSR count). The van der Waals surface area contributed by atoms with Crippen LogP contribution in [-0.2, 0) is 9.53 Å². The number of ketones is 1. The van der Waals surface area contributed by atoms with E-state index in [0.717, 1.165) is 11.3 Å². The van der Waals surface area contributed by atoms with E-state index < -0.39 is 29.5 Å². The van der Waals surface area contributed by atoms with Gasteiger partial charge >= 0.3 is 5.97 Å². The van der Waals surface area contributed by atoms with Crippen molar-refractivity contribution >= 4 is 68.7 Å². The zero-order chi connectivity index (χ0) is 24.9. The van der Waals surface area contributed by atoms with E-state index in [9.17, 15) is 19.5 Å². The molecule has 0 fully saturated rings. The number of hydrogen-bond donors (Lipinski definition) is 1. The van der Waals surface area contributed by atoms with Gasteiger partial charge in [0.25, 0.3) is 5.91 Å². The van der Waals surface area contributed by atoms with Crippen molar-refractivity contribution in [3.8, 4) is 0 Å². The summed E-state index contributed by atoms with van der Waals surface area (Å²) in [6.45, 7) is 5.05. The Morgan fingerprint density at radius 2 is 1.74 bits per heavy atom. The first-order chi connectivity index (χ1) is 16.0. The van der Waals surface area contributed by atoms with Gasteiger partial charge in [0.1, 0.15) is 4.88 Å². The van der Waals surface area contributed by atoms with Crippen LogP contribution >= 0.6 is 45.9 Å². The second-order valence-corrected chi connectivity index (χ2v) is 10.4. The number of benzene rings is 1. The smallest absolute Gasteiger partial charge is 0.350 e. The van der Waals surface area contributed by atoms with Crippen LogP contribution in [-0.4, -0.2) is 39.8 Å². The van der Waals surface area contributed by atoms with Crippen molar-refractivity contribution < 1.29 is 24.2 Å². The number of carbonyl (C=O) groups excluding carboxylic acids is 3. The van der Waals surface area contributed by atoms with Crippen LogP contribution in [0, 0.1) is 20.8 Å². The number of methoxy groups -OCH3 is 1. The van der Waals surface area contributed by atoms with Crippen LogP contribution in [0.1, 0.15) is 47.3 Å². The van der Waals surface area contributed by atoms with Gasteiger partial charge in [0, 0.05) is 0 Å². The van der Waals surface area contributed by atoms with Crippen LogP contribution in [0.3, 0.4) is 0 Å². The van der Waals surface area contributed by atoms with Gasteiger partial charge in [-0.3, -0.25) is 14.5 Å². The molecule has 34 heavy (non-hydrogen) atoms. The third kappa shape index (κ3) is 4.00. The lowest BCUT2D eigenvalue weighted by atomic mass is 9.95. The number of thiazole rings is 2. The second kappa shape index (κ2) is 9.10. The first-order valence-corrected chi connectivity index (χ1v) is 12.2. The third-order valence-electron chi connectivity index (χ3n) is 5.18. The minimum Gasteiger partial charge on any atom is -0.503 e. The number of anilines is 1. The molecule has 0 aliphatic carbocycles. The molecule has 3 heterocycles. The summed E-state index contributed by atoms with van der Waals surface area (Å²) in [6, 6.07) is 3.60. The van der Waals surface area contributed by atoms with E-state index in [-0.39, 0.29) is 25.6 Å². The minimum atomic E-state index is -1.06. The summed E-state index contributed by atoms with van der Waals surface area (Å²) in [5.74, 6) is -2.68. The fourth-order valence-corrected chi connectivity index (χ4v) is 5.86. The van der Waals surface area contributed by atoms with Gasteiger partial charge in [0.05, 0.1) is 50.0 Å². The summed E-state index contributed by atoms with van der Waals surface area (Å²) in [6.07, 6.45) is 0. The molecule has 0 spiro atoms. The van der Waals surface area contributed by atoms with Crippen LogP contribution in [0.25, 0.3) is 0 Å². The van der Waals surface area contributed by atoms with E-state index in [1.807, 2.05) is 0 Å². The Morgan fingerprint density at radius 1 is 1.06 bits per heavy atom. The predicted molar refractivity (Wildman–Crippen MR) is 130 cm³/mol. The number of aliphatic hydroxyl groups excluding tert-OH is 1. The summed E-state index contributed by atoms with van der Waals surface area (Å²) in [5.41, 5.74) is 1.13. The highest BCUT2D eigenvalue weighted by molar-refractivity contribution is 7.17. The number of aromatic nitrogens is 2. The Labute approximate surface area is 212 Å². The molecule has 0 saturated carbocycles. The minimum absolute atomic E-state index is 0.116. The van der Waals surface area contributed by atoms with Crippen molar-refractivity contribution in [2.75, 3.05) is 12.0 Å². The quantitative estimate of drug-likeness (QED) is 0.342. The average Bonchev–Trinajstić information content (AvgIpc) is 3.42. The summed E-state index contributed by atoms with van der Waals surface area (Å²) in [7, 11) is 1.24. The summed E-state index contributed by atoms with van der Waals surface area (Å²) in [5, 5.41) is 12.2. The number of halogens is 2. The fraction of sp³-hybridized carbons (Fsp3) is 0.227. The molecule has 0 saturated heterocycles. The molecule has 2 aromatic heterocycles. The first kappa shape index (κ1) is 24.3. The number of ether oxygens (including phenoxy) is 1. The first-order valence-electron chi connectivity index (χ1n) is 9.81. The van der Waals surface area contributed by atoms with Gasteiger partial charge in [0.2, 0.25) is 5.78 Å². The number of aryl methyl sites for hydroxylation is 3. The van der Waals surface area contributed by atoms with Crippen molar-refractivity contribution in [1.29, 1.82) is 0 Å². The van der Waals surface area contributed by atoms with Crippen LogP contribution in [0.2, 0.25) is 10.0 Å². The Kier molecular flexibility index (Phi) is 6.52. The average molecular weight is 538 g/mol. The number of amides is 1. The van der Waals surface area contributed by atoms with Crippen molar-refractivity contribution in [1.82, 2.24) is 9.97 Å². The predicted octanol–water partition coefficient (Wildman–Crippen LogP) is 5.40. The van der Waals surface area contributed by atoms with E-state index in [1.54, 1.807) is 26.8 Å². The number of aliphatic hydroxyl groups is 1. The number of hydrogen-bond acceptors (Lipinski definition) is 9. The SMILES string of the molecule is COC(=O)c1sc(N2C(=O)C(O)=C(C(=O)c3sc(C)nc3C)C2c2ccc(Cl)c(Cl)c2)nc1C. The number of carbonyl (C=O) groups is 3. The van der Waals surface area contributed by atoms with Crippen LogP contribution in [0.4, 0.5) is 5.13 Å². The number of nitrogens with zero attached hydrogens (tertiary/aromatic N) is 3. The Morgan fingerprint density at radius 3 is 2.32 bits per heavy atom. The van der Waals surface area contributed by atoms with Gasteiger partial charge < -0.3 is 9.84 Å². The molecule has 1 aliphatic heterocycles. The lowest BCUT2D eigenvalue weighted by molar-refractivity contribution is -0.117. The molecule has 1 aromatic carbocycles. The molecule has 1 unspecified atom stereocenters. The van der Waals surface area contributed by atoms with Gasteiger partial charge in [-0.05, 0) is 38.5 Å². The summed E-state index contributed by atoms with van der Waals surface area (Å²) < 4.78 is 4.79. The van der Waals surface area contributed by atoms with Crippen LogP contribution in [0.5, 0.6) is 0 Å². The van der Waals surface area contributed by atoms with E-state index in [0.29, 0.717) is 26.8 Å². The molecule has 0 radical (unpaired) electrons. The molecular weight excluding hydrogens is 521 g/mol. The molecule has 0 bridgehead atoms. The highest BCUT2D eigenvalue weighted by Gasteiger charge is 2.47. The van der Waals surface area contributed by atoms with Gasteiger partial charge in [-0.1, -0.05) is 40.6 Å². The van der Waals surface area contributed by atoms with E-state index in [2.05, 4.69) is 9.97 Å². The van der Waals surface area contributed by atoms with Crippen molar-refractivity contribution in [2.24, 2.45) is 0 Å². The maximum Gasteiger partial charge on any atom is 0.350 e. The van der Waals surface area contributed by atoms with Gasteiger partial charge in [0.15, 0.2) is 10.9 Å². The lowest BCUT2D eigenvalue weighted by Gasteiger charge is -2.24. The van der Waals surface area contributed by atoms with Crippen molar-refractivity contribution in [2.45, 2.75) is 26.8 Å². The summed E-state index contributed by atoms with van der Waals surface area (Å²) >= 11 is 14.4. The van der Waals surface area contributed by atoms with E-state index >= 15 is 0 Å². The fourth-order valence-electron chi connectivity index (χ4n) is 3.66. The molecule has 8 nitrogen and oxygen atoms in total. The molecule has 1 N–H and O–H groups in total. The maximum atomic E-state index is 13.6. The molecule has 1 aliphatic rings. The molecule has 1 amide bonds. The molecule has 12 heteroatoms. The van der Waals surface area contributed by atoms with Gasteiger partial charge in [-0.15, -0.1) is 11.3 Å². The Balaban J connectivity index is 1.91. The molecule has 176 valence electrons. The zero-order valence-corrected chi connectivity index (χ0v) is 21.4. The lowest BCUT2D eigenvalue weighted by Crippen LogP contribution is -2.31. The number of Topliss-reactive ketones (excluding diaryl/α,β-unsaturated/α-hetero) is 1. The van der Waals surface area contributed by atoms with Gasteiger partial charge in [-0.2, -0.15) is 0 Å². The molecular formula is C22H17Cl2N3O5S2. The van der Waals surface area contributed by atoms with Crippen LogP contribution < -0.4 is 4.90 Å². The highest BCUT2D eigenvalue weighted by atomic mass is 35.5. The maximum absolute atomic E-state index is 13.6. The normalized spacial score (nSPS) is 15.9. The van der Waals surface area contributed by atoms with E-state index in [4.69, 9.17) is 27.9 Å². The standard InChI is InChI=1S/C22H17Cl2N3O5S2/c1-8-18(33-10(3)25-8)16(28)14-15(11-5-6-12(23)13(24)7-11)27(20(30)17(14)29)22-26-9(2)19(34-22)21(31)32-4/h5-7,15,29H,1-4H3. The third-order valence-corrected chi connectivity index (χ3v) is 8.13. The zero-order valence-electron chi connectivity index (χ0n) is 18.3. The topological polar surface area (TPSA) is 110 Å². The molecule has 1 atom stereocenters. The Bertz CT molecular complexity index is 1400. The van der Waals surface area contributed by atoms with Crippen molar-refractivity contribution in [3.63, 3.8) is 0 Å². The number of esters is 1. The largest absolute Gasteiger partial charge is 0.503 e. The van der Waals surface area contributed by atoms with Crippen LogP contribution in [0.15, 0.2) is 29.5 Å². The monoisotopic (exact) mass is 537 g/mol. The Hall–Kier alpha value is -2.79. The summed E-state index contributed by atoms with van der Waals surface area (Å²) in [4.78, 5) is 49.3. The van der Waals surface area contributed by atoms with E-state index in [1.165, 1.54) is 35.5 Å². The van der Waals surface area contributed by atoms with Gasteiger partial charge in [-0.25, -0.2) is 14.8 Å². The number of rotatable bonds is 5.